The van der Waals surface area contributed by atoms with Crippen molar-refractivity contribution in [2.45, 2.75) is 31.9 Å². The number of aromatic nitrogens is 3. The highest BCUT2D eigenvalue weighted by atomic mass is 127. The summed E-state index contributed by atoms with van der Waals surface area (Å²) in [6.45, 7) is 8.86. The number of hydrogen-bond donors (Lipinski definition) is 2. The Morgan fingerprint density at radius 1 is 1.29 bits per heavy atom. The summed E-state index contributed by atoms with van der Waals surface area (Å²) in [5.41, 5.74) is 0.879. The van der Waals surface area contributed by atoms with Gasteiger partial charge in [-0.15, -0.1) is 34.2 Å². The van der Waals surface area contributed by atoms with E-state index >= 15 is 0 Å². The molecule has 0 amide bonds. The van der Waals surface area contributed by atoms with Crippen molar-refractivity contribution in [3.63, 3.8) is 0 Å². The summed E-state index contributed by atoms with van der Waals surface area (Å²) in [7, 11) is 0. The maximum atomic E-state index is 4.67. The zero-order valence-electron chi connectivity index (χ0n) is 14.7. The molecule has 6 nitrogen and oxygen atoms in total. The number of nitrogens with zero attached hydrogens (tertiary/aromatic N) is 4. The molecule has 2 rings (SSSR count). The van der Waals surface area contributed by atoms with Crippen LogP contribution in [0.3, 0.4) is 0 Å². The molecule has 134 valence electrons. The zero-order chi connectivity index (χ0) is 16.7. The van der Waals surface area contributed by atoms with E-state index in [0.29, 0.717) is 0 Å². The Morgan fingerprint density at radius 3 is 2.79 bits per heavy atom. The first-order valence-electron chi connectivity index (χ1n) is 7.91. The normalized spacial score (nSPS) is 12.1. The van der Waals surface area contributed by atoms with Gasteiger partial charge in [-0.1, -0.05) is 6.07 Å². The van der Waals surface area contributed by atoms with Crippen LogP contribution in [0.25, 0.3) is 5.65 Å². The summed E-state index contributed by atoms with van der Waals surface area (Å²) in [5.74, 6) is 1.80. The number of nitrogens with one attached hydrogen (secondary N) is 2. The number of thioether (sulfide) groups is 1. The van der Waals surface area contributed by atoms with Crippen LogP contribution in [0.4, 0.5) is 0 Å². The van der Waals surface area contributed by atoms with Gasteiger partial charge in [0.25, 0.3) is 0 Å². The van der Waals surface area contributed by atoms with Crippen molar-refractivity contribution in [2.75, 3.05) is 25.9 Å². The van der Waals surface area contributed by atoms with Gasteiger partial charge in [-0.25, -0.2) is 0 Å². The maximum absolute atomic E-state index is 4.67. The molecule has 0 fully saturated rings. The van der Waals surface area contributed by atoms with Gasteiger partial charge in [-0.2, -0.15) is 11.8 Å². The van der Waals surface area contributed by atoms with Crippen molar-refractivity contribution >= 4 is 47.3 Å². The Bertz CT molecular complexity index is 655. The number of fused-ring (bicyclic) bond motifs is 1. The number of halogens is 1. The number of aliphatic imine (C=N–C) groups is 1. The fourth-order valence-corrected chi connectivity index (χ4v) is 2.22. The van der Waals surface area contributed by atoms with Gasteiger partial charge in [-0.05, 0) is 39.2 Å². The number of guanidine groups is 1. The molecule has 0 aliphatic carbocycles. The van der Waals surface area contributed by atoms with Gasteiger partial charge in [0.05, 0.1) is 6.54 Å². The van der Waals surface area contributed by atoms with E-state index in [1.807, 2.05) is 40.6 Å². The first kappa shape index (κ1) is 21.0. The molecule has 0 saturated carbocycles. The summed E-state index contributed by atoms with van der Waals surface area (Å²) >= 11 is 1.83. The van der Waals surface area contributed by atoms with Crippen molar-refractivity contribution < 1.29 is 0 Å². The highest BCUT2D eigenvalue weighted by Crippen LogP contribution is 2.20. The fraction of sp³-hybridized carbons (Fsp3) is 0.562. The van der Waals surface area contributed by atoms with Crippen LogP contribution in [-0.2, 0) is 6.42 Å². The second-order valence-corrected chi connectivity index (χ2v) is 7.39. The van der Waals surface area contributed by atoms with Gasteiger partial charge in [-0.3, -0.25) is 9.39 Å². The molecule has 2 N–H and O–H groups in total. The Hall–Kier alpha value is -1.03. The van der Waals surface area contributed by atoms with Crippen LogP contribution in [-0.4, -0.2) is 51.2 Å². The van der Waals surface area contributed by atoms with Crippen LogP contribution in [0, 0.1) is 0 Å². The minimum absolute atomic E-state index is 0. The molecule has 2 aromatic rings. The lowest BCUT2D eigenvalue weighted by atomic mass is 10.2. The van der Waals surface area contributed by atoms with Gasteiger partial charge in [0.15, 0.2) is 11.6 Å². The van der Waals surface area contributed by atoms with Gasteiger partial charge in [0, 0.05) is 30.5 Å². The molecule has 24 heavy (non-hydrogen) atoms. The lowest BCUT2D eigenvalue weighted by Crippen LogP contribution is -2.39. The monoisotopic (exact) mass is 462 g/mol. The molecule has 0 radical (unpaired) electrons. The van der Waals surface area contributed by atoms with E-state index in [1.165, 1.54) is 0 Å². The minimum Gasteiger partial charge on any atom is -0.357 e. The molecule has 0 spiro atoms. The molecule has 0 aliphatic heterocycles. The van der Waals surface area contributed by atoms with E-state index in [9.17, 15) is 0 Å². The predicted octanol–water partition coefficient (Wildman–Crippen LogP) is 2.59. The van der Waals surface area contributed by atoms with Crippen molar-refractivity contribution in [1.82, 2.24) is 25.2 Å². The van der Waals surface area contributed by atoms with Crippen molar-refractivity contribution in [3.05, 3.63) is 30.2 Å². The van der Waals surface area contributed by atoms with E-state index in [1.54, 1.807) is 0 Å². The van der Waals surface area contributed by atoms with Crippen LogP contribution >= 0.6 is 35.7 Å². The fourth-order valence-electron chi connectivity index (χ4n) is 2.03. The van der Waals surface area contributed by atoms with E-state index in [-0.39, 0.29) is 28.7 Å². The first-order chi connectivity index (χ1) is 11.1. The van der Waals surface area contributed by atoms with Crippen molar-refractivity contribution in [2.24, 2.45) is 4.99 Å². The van der Waals surface area contributed by atoms with Crippen LogP contribution in [0.1, 0.15) is 26.6 Å². The Labute approximate surface area is 165 Å². The molecule has 0 unspecified atom stereocenters. The van der Waals surface area contributed by atoms with Gasteiger partial charge in [0.1, 0.15) is 5.82 Å². The SMILES string of the molecule is CCNC(=NCC(C)(C)SC)NCCc1nnc2ccccn12.I. The highest BCUT2D eigenvalue weighted by Gasteiger charge is 2.15. The van der Waals surface area contributed by atoms with Crippen molar-refractivity contribution in [1.29, 1.82) is 0 Å². The molecule has 0 saturated heterocycles. The standard InChI is InChI=1S/C16H26N6S.HI/c1-5-17-15(19-12-16(2,3)23-4)18-10-9-14-21-20-13-8-6-7-11-22(13)14;/h6-8,11H,5,9-10,12H2,1-4H3,(H2,17,18,19);1H. The molecule has 0 atom stereocenters. The molecule has 0 aromatic carbocycles. The highest BCUT2D eigenvalue weighted by molar-refractivity contribution is 14.0. The van der Waals surface area contributed by atoms with Crippen LogP contribution in [0.15, 0.2) is 29.4 Å². The Morgan fingerprint density at radius 2 is 2.08 bits per heavy atom. The summed E-state index contributed by atoms with van der Waals surface area (Å²) in [4.78, 5) is 4.67. The summed E-state index contributed by atoms with van der Waals surface area (Å²) in [6.07, 6.45) is 4.90. The largest absolute Gasteiger partial charge is 0.357 e. The lowest BCUT2D eigenvalue weighted by molar-refractivity contribution is 0.706. The van der Waals surface area contributed by atoms with Crippen molar-refractivity contribution in [3.8, 4) is 0 Å². The third kappa shape index (κ3) is 6.12. The van der Waals surface area contributed by atoms with Gasteiger partial charge >= 0.3 is 0 Å². The van der Waals surface area contributed by atoms with Crippen LogP contribution < -0.4 is 10.6 Å². The molecule has 0 bridgehead atoms. The van der Waals surface area contributed by atoms with Gasteiger partial charge < -0.3 is 10.6 Å². The third-order valence-corrected chi connectivity index (χ3v) is 4.77. The minimum atomic E-state index is 0. The lowest BCUT2D eigenvalue weighted by Gasteiger charge is -2.20. The smallest absolute Gasteiger partial charge is 0.191 e. The van der Waals surface area contributed by atoms with E-state index in [2.05, 4.69) is 52.9 Å². The molecular formula is C16H27IN6S. The van der Waals surface area contributed by atoms with E-state index < -0.39 is 0 Å². The Balaban J connectivity index is 0.00000288. The summed E-state index contributed by atoms with van der Waals surface area (Å²) < 4.78 is 2.16. The van der Waals surface area contributed by atoms with E-state index in [4.69, 9.17) is 0 Å². The van der Waals surface area contributed by atoms with Gasteiger partial charge in [0.2, 0.25) is 0 Å². The Kier molecular flexibility index (Phi) is 8.82. The topological polar surface area (TPSA) is 66.6 Å². The first-order valence-corrected chi connectivity index (χ1v) is 9.14. The molecule has 2 aromatic heterocycles. The molecule has 8 heteroatoms. The number of rotatable bonds is 7. The second-order valence-electron chi connectivity index (χ2n) is 5.88. The average Bonchev–Trinajstić information content (AvgIpc) is 2.96. The molecule has 0 aliphatic rings. The number of hydrogen-bond acceptors (Lipinski definition) is 4. The molecular weight excluding hydrogens is 435 g/mol. The maximum Gasteiger partial charge on any atom is 0.191 e. The van der Waals surface area contributed by atoms with Crippen LogP contribution in [0.2, 0.25) is 0 Å². The average molecular weight is 462 g/mol. The summed E-state index contributed by atoms with van der Waals surface area (Å²) in [6, 6.07) is 5.92. The summed E-state index contributed by atoms with van der Waals surface area (Å²) in [5, 5.41) is 15.1. The zero-order valence-corrected chi connectivity index (χ0v) is 17.9. The third-order valence-electron chi connectivity index (χ3n) is 3.54. The van der Waals surface area contributed by atoms with E-state index in [0.717, 1.165) is 43.5 Å². The molecule has 2 heterocycles. The second kappa shape index (κ2) is 10.1. The predicted molar refractivity (Wildman–Crippen MR) is 114 cm³/mol. The number of pyridine rings is 1. The quantitative estimate of drug-likeness (QED) is 0.376. The van der Waals surface area contributed by atoms with Crippen LogP contribution in [0.5, 0.6) is 0 Å².